The minimum atomic E-state index is -1.06. The first-order chi connectivity index (χ1) is 8.50. The minimum absolute atomic E-state index is 0.0377. The van der Waals surface area contributed by atoms with Crippen molar-refractivity contribution in [3.8, 4) is 0 Å². The number of carbonyl (C=O) groups excluding carboxylic acids is 2. The standard InChI is InChI=1S/C12H16N2O4/c1-8(10(13)14)11(15)18-12(16)17-7-9-5-3-2-4-6-9/h2-6,8,10H,7,13-14H2,1H3/t8-/m0/s1. The maximum Gasteiger partial charge on any atom is 0.516 e. The molecule has 1 aromatic carbocycles. The van der Waals surface area contributed by atoms with Crippen LogP contribution in [-0.4, -0.2) is 18.3 Å². The Bertz CT molecular complexity index is 406. The Morgan fingerprint density at radius 3 is 2.39 bits per heavy atom. The maximum atomic E-state index is 11.3. The second-order valence-corrected chi connectivity index (χ2v) is 3.81. The van der Waals surface area contributed by atoms with Crippen LogP contribution in [0.4, 0.5) is 4.79 Å². The fraction of sp³-hybridized carbons (Fsp3) is 0.333. The Morgan fingerprint density at radius 1 is 1.22 bits per heavy atom. The van der Waals surface area contributed by atoms with E-state index in [4.69, 9.17) is 16.2 Å². The largest absolute Gasteiger partial charge is 0.516 e. The Kier molecular flexibility index (Phi) is 5.29. The number of esters is 1. The van der Waals surface area contributed by atoms with Gasteiger partial charge in [0.1, 0.15) is 6.61 Å². The molecule has 0 aromatic heterocycles. The molecule has 18 heavy (non-hydrogen) atoms. The minimum Gasteiger partial charge on any atom is -0.429 e. The van der Waals surface area contributed by atoms with Gasteiger partial charge in [-0.05, 0) is 12.5 Å². The molecule has 0 aliphatic rings. The van der Waals surface area contributed by atoms with Crippen LogP contribution in [0.1, 0.15) is 12.5 Å². The lowest BCUT2D eigenvalue weighted by molar-refractivity contribution is -0.144. The van der Waals surface area contributed by atoms with E-state index >= 15 is 0 Å². The molecule has 0 saturated carbocycles. The number of carbonyl (C=O) groups is 2. The molecule has 0 amide bonds. The van der Waals surface area contributed by atoms with Gasteiger partial charge in [0.05, 0.1) is 12.1 Å². The summed E-state index contributed by atoms with van der Waals surface area (Å²) in [4.78, 5) is 22.5. The van der Waals surface area contributed by atoms with Crippen molar-refractivity contribution in [3.05, 3.63) is 35.9 Å². The summed E-state index contributed by atoms with van der Waals surface area (Å²) >= 11 is 0. The average molecular weight is 252 g/mol. The summed E-state index contributed by atoms with van der Waals surface area (Å²) in [5, 5.41) is 0. The van der Waals surface area contributed by atoms with Crippen LogP contribution in [0.2, 0.25) is 0 Å². The molecule has 0 radical (unpaired) electrons. The lowest BCUT2D eigenvalue weighted by atomic mass is 10.1. The van der Waals surface area contributed by atoms with Crippen LogP contribution in [0, 0.1) is 5.92 Å². The highest BCUT2D eigenvalue weighted by molar-refractivity contribution is 5.83. The van der Waals surface area contributed by atoms with Crippen LogP contribution < -0.4 is 11.5 Å². The van der Waals surface area contributed by atoms with Crippen molar-refractivity contribution in [2.75, 3.05) is 0 Å². The van der Waals surface area contributed by atoms with Crippen molar-refractivity contribution < 1.29 is 19.1 Å². The van der Waals surface area contributed by atoms with Gasteiger partial charge in [-0.1, -0.05) is 30.3 Å². The highest BCUT2D eigenvalue weighted by Gasteiger charge is 2.22. The molecule has 4 N–H and O–H groups in total. The summed E-state index contributed by atoms with van der Waals surface area (Å²) in [5.41, 5.74) is 11.4. The molecule has 0 bridgehead atoms. The predicted octanol–water partition coefficient (Wildman–Crippen LogP) is 0.746. The van der Waals surface area contributed by atoms with Crippen LogP contribution in [0.15, 0.2) is 30.3 Å². The van der Waals surface area contributed by atoms with E-state index in [9.17, 15) is 9.59 Å². The predicted molar refractivity (Wildman–Crippen MR) is 64.0 cm³/mol. The fourth-order valence-electron chi connectivity index (χ4n) is 1.08. The summed E-state index contributed by atoms with van der Waals surface area (Å²) in [5.74, 6) is -1.57. The van der Waals surface area contributed by atoms with Crippen LogP contribution in [0.25, 0.3) is 0 Å². The Balaban J connectivity index is 2.36. The molecule has 1 aromatic rings. The van der Waals surface area contributed by atoms with Crippen molar-refractivity contribution >= 4 is 12.1 Å². The second kappa shape index (κ2) is 6.73. The SMILES string of the molecule is C[C@H](C(=O)OC(=O)OCc1ccccc1)C(N)N. The number of nitrogens with two attached hydrogens (primary N) is 2. The van der Waals surface area contributed by atoms with Gasteiger partial charge in [0.2, 0.25) is 0 Å². The molecule has 0 aliphatic heterocycles. The maximum absolute atomic E-state index is 11.3. The van der Waals surface area contributed by atoms with E-state index in [0.29, 0.717) is 0 Å². The topological polar surface area (TPSA) is 105 Å². The zero-order chi connectivity index (χ0) is 13.5. The molecule has 98 valence electrons. The smallest absolute Gasteiger partial charge is 0.429 e. The van der Waals surface area contributed by atoms with E-state index in [2.05, 4.69) is 4.74 Å². The highest BCUT2D eigenvalue weighted by atomic mass is 16.7. The zero-order valence-corrected chi connectivity index (χ0v) is 10.0. The molecule has 0 unspecified atom stereocenters. The lowest BCUT2D eigenvalue weighted by Crippen LogP contribution is -2.42. The number of hydrogen-bond donors (Lipinski definition) is 2. The first-order valence-corrected chi connectivity index (χ1v) is 5.44. The summed E-state index contributed by atoms with van der Waals surface area (Å²) in [6, 6.07) is 9.03. The van der Waals surface area contributed by atoms with E-state index in [1.54, 1.807) is 12.1 Å². The molecule has 0 saturated heterocycles. The Hall–Kier alpha value is -1.92. The van der Waals surface area contributed by atoms with E-state index in [1.807, 2.05) is 18.2 Å². The van der Waals surface area contributed by atoms with E-state index < -0.39 is 24.2 Å². The Labute approximate surface area is 105 Å². The third-order valence-electron chi connectivity index (χ3n) is 2.33. The van der Waals surface area contributed by atoms with E-state index in [1.165, 1.54) is 6.92 Å². The Morgan fingerprint density at radius 2 is 1.83 bits per heavy atom. The second-order valence-electron chi connectivity index (χ2n) is 3.81. The molecule has 0 heterocycles. The molecule has 1 rings (SSSR count). The molecule has 1 atom stereocenters. The molecular weight excluding hydrogens is 236 g/mol. The number of ether oxygens (including phenoxy) is 2. The first-order valence-electron chi connectivity index (χ1n) is 5.44. The van der Waals surface area contributed by atoms with Crippen LogP contribution in [0.5, 0.6) is 0 Å². The number of benzene rings is 1. The van der Waals surface area contributed by atoms with Crippen molar-refractivity contribution in [1.29, 1.82) is 0 Å². The first kappa shape index (κ1) is 14.1. The van der Waals surface area contributed by atoms with Gasteiger partial charge in [0, 0.05) is 0 Å². The van der Waals surface area contributed by atoms with Crippen molar-refractivity contribution in [2.24, 2.45) is 17.4 Å². The van der Waals surface area contributed by atoms with Gasteiger partial charge in [-0.3, -0.25) is 4.79 Å². The van der Waals surface area contributed by atoms with Gasteiger partial charge in [-0.15, -0.1) is 0 Å². The normalized spacial score (nSPS) is 12.0. The average Bonchev–Trinajstić information content (AvgIpc) is 2.36. The van der Waals surface area contributed by atoms with Crippen molar-refractivity contribution in [1.82, 2.24) is 0 Å². The zero-order valence-electron chi connectivity index (χ0n) is 10.0. The fourth-order valence-corrected chi connectivity index (χ4v) is 1.08. The third kappa shape index (κ3) is 4.52. The molecule has 0 spiro atoms. The summed E-state index contributed by atoms with van der Waals surface area (Å²) in [6.07, 6.45) is -1.93. The van der Waals surface area contributed by atoms with Crippen molar-refractivity contribution in [2.45, 2.75) is 19.7 Å². The summed E-state index contributed by atoms with van der Waals surface area (Å²) < 4.78 is 9.20. The van der Waals surface area contributed by atoms with Gasteiger partial charge in [0.15, 0.2) is 0 Å². The van der Waals surface area contributed by atoms with Crippen molar-refractivity contribution in [3.63, 3.8) is 0 Å². The molecular formula is C12H16N2O4. The van der Waals surface area contributed by atoms with Crippen LogP contribution in [-0.2, 0) is 20.9 Å². The highest BCUT2D eigenvalue weighted by Crippen LogP contribution is 2.04. The summed E-state index contributed by atoms with van der Waals surface area (Å²) in [6.45, 7) is 1.51. The third-order valence-corrected chi connectivity index (χ3v) is 2.33. The van der Waals surface area contributed by atoms with Crippen LogP contribution >= 0.6 is 0 Å². The molecule has 0 aliphatic carbocycles. The van der Waals surface area contributed by atoms with Gasteiger partial charge in [-0.25, -0.2) is 4.79 Å². The van der Waals surface area contributed by atoms with E-state index in [-0.39, 0.29) is 6.61 Å². The van der Waals surface area contributed by atoms with Gasteiger partial charge in [0.25, 0.3) is 0 Å². The molecule has 0 fully saturated rings. The molecule has 6 heteroatoms. The van der Waals surface area contributed by atoms with Gasteiger partial charge in [-0.2, -0.15) is 0 Å². The number of hydrogen-bond acceptors (Lipinski definition) is 6. The van der Waals surface area contributed by atoms with Gasteiger partial charge >= 0.3 is 12.1 Å². The lowest BCUT2D eigenvalue weighted by Gasteiger charge is -2.13. The van der Waals surface area contributed by atoms with Crippen LogP contribution in [0.3, 0.4) is 0 Å². The number of rotatable bonds is 4. The monoisotopic (exact) mass is 252 g/mol. The molecule has 6 nitrogen and oxygen atoms in total. The quantitative estimate of drug-likeness (QED) is 0.465. The summed E-state index contributed by atoms with van der Waals surface area (Å²) in [7, 11) is 0. The van der Waals surface area contributed by atoms with Gasteiger partial charge < -0.3 is 20.9 Å². The van der Waals surface area contributed by atoms with E-state index in [0.717, 1.165) is 5.56 Å².